The summed E-state index contributed by atoms with van der Waals surface area (Å²) in [5.41, 5.74) is 0.800. The fraction of sp³-hybridized carbons (Fsp3) is 0. The van der Waals surface area contributed by atoms with Crippen molar-refractivity contribution in [2.45, 2.75) is 0 Å². The Hall–Kier alpha value is -1.46. The van der Waals surface area contributed by atoms with Crippen LogP contribution in [-0.2, 0) is 0 Å². The summed E-state index contributed by atoms with van der Waals surface area (Å²) in [7, 11) is 0. The smallest absolute Gasteiger partial charge is 0.221 e. The predicted molar refractivity (Wildman–Crippen MR) is 69.4 cm³/mol. The highest BCUT2D eigenvalue weighted by atomic mass is 79.9. The van der Waals surface area contributed by atoms with Crippen LogP contribution in [0.25, 0.3) is 16.7 Å². The Labute approximate surface area is 110 Å². The van der Waals surface area contributed by atoms with Crippen molar-refractivity contribution in [2.24, 2.45) is 0 Å². The topological polar surface area (TPSA) is 43.6 Å². The van der Waals surface area contributed by atoms with Crippen molar-refractivity contribution < 1.29 is 0 Å². The number of benzene rings is 1. The van der Waals surface area contributed by atoms with Gasteiger partial charge < -0.3 is 0 Å². The van der Waals surface area contributed by atoms with E-state index in [1.807, 2.05) is 30.5 Å². The van der Waals surface area contributed by atoms with Gasteiger partial charge in [0.15, 0.2) is 5.82 Å². The van der Waals surface area contributed by atoms with E-state index in [-0.39, 0.29) is 5.28 Å². The Morgan fingerprint density at radius 3 is 2.76 bits per heavy atom. The van der Waals surface area contributed by atoms with Crippen LogP contribution in [0.15, 0.2) is 41.1 Å². The Kier molecular flexibility index (Phi) is 2.57. The maximum atomic E-state index is 5.91. The van der Waals surface area contributed by atoms with Crippen LogP contribution in [0.1, 0.15) is 0 Å². The van der Waals surface area contributed by atoms with Crippen molar-refractivity contribution in [1.82, 2.24) is 19.7 Å². The van der Waals surface area contributed by atoms with Gasteiger partial charge >= 0.3 is 0 Å². The maximum absolute atomic E-state index is 5.91. The molecule has 84 valence electrons. The number of halogens is 2. The average molecular weight is 310 g/mol. The number of hydrogen-bond acceptors (Lipinski definition) is 3. The minimum atomic E-state index is 0.213. The van der Waals surface area contributed by atoms with Gasteiger partial charge in [-0.1, -0.05) is 12.1 Å². The van der Waals surface area contributed by atoms with Crippen LogP contribution in [0.4, 0.5) is 0 Å². The lowest BCUT2D eigenvalue weighted by atomic mass is 10.2. The lowest BCUT2D eigenvalue weighted by Crippen LogP contribution is -2.00. The molecule has 0 unspecified atom stereocenters. The minimum absolute atomic E-state index is 0.213. The molecule has 3 aromatic rings. The molecule has 17 heavy (non-hydrogen) atoms. The average Bonchev–Trinajstić information content (AvgIpc) is 2.74. The van der Waals surface area contributed by atoms with Gasteiger partial charge in [-0.25, -0.2) is 9.67 Å². The van der Waals surface area contributed by atoms with Crippen LogP contribution < -0.4 is 0 Å². The summed E-state index contributed by atoms with van der Waals surface area (Å²) < 4.78 is 2.55. The molecule has 4 nitrogen and oxygen atoms in total. The van der Waals surface area contributed by atoms with Gasteiger partial charge in [0.2, 0.25) is 5.28 Å². The summed E-state index contributed by atoms with van der Waals surface area (Å²) in [4.78, 5) is 8.39. The first kappa shape index (κ1) is 10.7. The van der Waals surface area contributed by atoms with Crippen molar-refractivity contribution in [3.8, 4) is 5.82 Å². The van der Waals surface area contributed by atoms with Crippen LogP contribution >= 0.6 is 27.5 Å². The summed E-state index contributed by atoms with van der Waals surface area (Å²) in [6.07, 6.45) is 3.52. The van der Waals surface area contributed by atoms with Crippen LogP contribution in [0.2, 0.25) is 5.28 Å². The first-order valence-electron chi connectivity index (χ1n) is 4.87. The number of fused-ring (bicyclic) bond motifs is 1. The van der Waals surface area contributed by atoms with E-state index in [9.17, 15) is 0 Å². The largest absolute Gasteiger partial charge is 0.224 e. The molecule has 0 N–H and O–H groups in total. The molecule has 0 saturated carbocycles. The molecule has 0 fully saturated rings. The van der Waals surface area contributed by atoms with Crippen molar-refractivity contribution in [3.63, 3.8) is 0 Å². The Bertz CT molecular complexity index is 695. The van der Waals surface area contributed by atoms with Crippen molar-refractivity contribution >= 4 is 38.4 Å². The first-order chi connectivity index (χ1) is 8.24. The fourth-order valence-electron chi connectivity index (χ4n) is 1.62. The van der Waals surface area contributed by atoms with E-state index < -0.39 is 0 Å². The van der Waals surface area contributed by atoms with Gasteiger partial charge in [-0.3, -0.25) is 0 Å². The molecule has 0 aliphatic rings. The Balaban J connectivity index is 2.35. The van der Waals surface area contributed by atoms with Gasteiger partial charge in [-0.2, -0.15) is 10.1 Å². The van der Waals surface area contributed by atoms with Gasteiger partial charge in [0.25, 0.3) is 0 Å². The molecular formula is C11H6BrClN4. The summed E-state index contributed by atoms with van der Waals surface area (Å²) in [5, 5.41) is 5.32. The van der Waals surface area contributed by atoms with Gasteiger partial charge in [-0.15, -0.1) is 0 Å². The number of rotatable bonds is 1. The zero-order chi connectivity index (χ0) is 11.8. The van der Waals surface area contributed by atoms with Crippen LogP contribution in [0, 0.1) is 0 Å². The second-order valence-electron chi connectivity index (χ2n) is 3.44. The van der Waals surface area contributed by atoms with E-state index >= 15 is 0 Å². The fourth-order valence-corrected chi connectivity index (χ4v) is 2.08. The normalized spacial score (nSPS) is 10.9. The van der Waals surface area contributed by atoms with Gasteiger partial charge in [0.1, 0.15) is 0 Å². The molecule has 0 saturated heterocycles. The molecule has 0 bridgehead atoms. The molecule has 2 heterocycles. The highest BCUT2D eigenvalue weighted by molar-refractivity contribution is 9.10. The molecule has 0 atom stereocenters. The zero-order valence-electron chi connectivity index (χ0n) is 8.51. The lowest BCUT2D eigenvalue weighted by molar-refractivity contribution is 0.851. The zero-order valence-corrected chi connectivity index (χ0v) is 10.9. The standard InChI is InChI=1S/C11H6BrClN4/c12-7-5-14-17(6-7)10-8-3-1-2-4-9(8)15-11(13)16-10/h1-6H. The molecule has 0 aliphatic heterocycles. The first-order valence-corrected chi connectivity index (χ1v) is 6.04. The molecular weight excluding hydrogens is 304 g/mol. The third-order valence-corrected chi connectivity index (χ3v) is 2.90. The summed E-state index contributed by atoms with van der Waals surface area (Å²) >= 11 is 9.26. The van der Waals surface area contributed by atoms with Crippen molar-refractivity contribution in [2.75, 3.05) is 0 Å². The second kappa shape index (κ2) is 4.09. The van der Waals surface area contributed by atoms with Gasteiger partial charge in [0, 0.05) is 11.6 Å². The number of para-hydroxylation sites is 1. The third-order valence-electron chi connectivity index (χ3n) is 2.32. The monoisotopic (exact) mass is 308 g/mol. The maximum Gasteiger partial charge on any atom is 0.224 e. The SMILES string of the molecule is Clc1nc(-n2cc(Br)cn2)c2ccccc2n1. The molecule has 0 aliphatic carbocycles. The molecule has 6 heteroatoms. The van der Waals surface area contributed by atoms with E-state index in [0.29, 0.717) is 5.82 Å². The van der Waals surface area contributed by atoms with E-state index in [0.717, 1.165) is 15.4 Å². The van der Waals surface area contributed by atoms with E-state index in [2.05, 4.69) is 31.0 Å². The molecule has 0 spiro atoms. The number of nitrogens with zero attached hydrogens (tertiary/aromatic N) is 4. The Morgan fingerprint density at radius 2 is 2.00 bits per heavy atom. The van der Waals surface area contributed by atoms with Crippen LogP contribution in [0.3, 0.4) is 0 Å². The van der Waals surface area contributed by atoms with E-state index in [1.165, 1.54) is 0 Å². The predicted octanol–water partition coefficient (Wildman–Crippen LogP) is 3.23. The summed E-state index contributed by atoms with van der Waals surface area (Å²) in [6, 6.07) is 7.68. The lowest BCUT2D eigenvalue weighted by Gasteiger charge is -2.05. The van der Waals surface area contributed by atoms with Gasteiger partial charge in [0.05, 0.1) is 16.2 Å². The highest BCUT2D eigenvalue weighted by Crippen LogP contribution is 2.21. The number of hydrogen-bond donors (Lipinski definition) is 0. The minimum Gasteiger partial charge on any atom is -0.221 e. The van der Waals surface area contributed by atoms with Gasteiger partial charge in [-0.05, 0) is 39.7 Å². The summed E-state index contributed by atoms with van der Waals surface area (Å²) in [6.45, 7) is 0. The van der Waals surface area contributed by atoms with E-state index in [1.54, 1.807) is 10.9 Å². The van der Waals surface area contributed by atoms with Crippen molar-refractivity contribution in [1.29, 1.82) is 0 Å². The van der Waals surface area contributed by atoms with E-state index in [4.69, 9.17) is 11.6 Å². The molecule has 3 rings (SSSR count). The number of aromatic nitrogens is 4. The summed E-state index contributed by atoms with van der Waals surface area (Å²) in [5.74, 6) is 0.673. The Morgan fingerprint density at radius 1 is 1.18 bits per heavy atom. The molecule has 2 aromatic heterocycles. The third kappa shape index (κ3) is 1.92. The van der Waals surface area contributed by atoms with Crippen molar-refractivity contribution in [3.05, 3.63) is 46.4 Å². The van der Waals surface area contributed by atoms with Crippen LogP contribution in [0.5, 0.6) is 0 Å². The highest BCUT2D eigenvalue weighted by Gasteiger charge is 2.08. The molecule has 0 amide bonds. The quantitative estimate of drug-likeness (QED) is 0.648. The second-order valence-corrected chi connectivity index (χ2v) is 4.69. The molecule has 0 radical (unpaired) electrons. The molecule has 1 aromatic carbocycles. The van der Waals surface area contributed by atoms with Crippen LogP contribution in [-0.4, -0.2) is 19.7 Å².